The molecule has 1 amide bonds. The van der Waals surface area contributed by atoms with Crippen LogP contribution in [0.15, 0.2) is 18.2 Å². The molecule has 4 aliphatic rings. The second-order valence-corrected chi connectivity index (χ2v) is 7.84. The van der Waals surface area contributed by atoms with E-state index in [4.69, 9.17) is 9.47 Å². The molecule has 4 saturated carbocycles. The molecule has 0 aromatic heterocycles. The maximum atomic E-state index is 12.4. The van der Waals surface area contributed by atoms with E-state index in [1.807, 2.05) is 0 Å². The third kappa shape index (κ3) is 3.24. The van der Waals surface area contributed by atoms with Crippen molar-refractivity contribution in [2.45, 2.75) is 38.1 Å². The van der Waals surface area contributed by atoms with Crippen molar-refractivity contribution in [2.75, 3.05) is 13.7 Å². The number of methoxy groups -OCH3 is 1. The second kappa shape index (κ2) is 6.70. The Labute approximate surface area is 148 Å². The first kappa shape index (κ1) is 16.4. The van der Waals surface area contributed by atoms with Gasteiger partial charge >= 0.3 is 0 Å². The molecule has 4 aliphatic carbocycles. The van der Waals surface area contributed by atoms with Crippen molar-refractivity contribution in [3.63, 3.8) is 0 Å². The molecule has 0 aliphatic heterocycles. The Hall–Kier alpha value is -2.04. The third-order valence-electron chi connectivity index (χ3n) is 6.24. The highest BCUT2D eigenvalue weighted by Crippen LogP contribution is 2.53. The Balaban J connectivity index is 1.35. The van der Waals surface area contributed by atoms with Gasteiger partial charge in [-0.05, 0) is 74.0 Å². The van der Waals surface area contributed by atoms with Crippen LogP contribution in [0.2, 0.25) is 0 Å². The molecule has 0 heterocycles. The van der Waals surface area contributed by atoms with Crippen LogP contribution in [0, 0.1) is 23.7 Å². The van der Waals surface area contributed by atoms with E-state index in [1.165, 1.54) is 39.2 Å². The molecule has 134 valence electrons. The van der Waals surface area contributed by atoms with Crippen molar-refractivity contribution in [2.24, 2.45) is 23.7 Å². The number of hydrogen-bond acceptors (Lipinski definition) is 4. The fourth-order valence-corrected chi connectivity index (χ4v) is 5.41. The molecule has 4 bridgehead atoms. The lowest BCUT2D eigenvalue weighted by Gasteiger charge is -2.54. The van der Waals surface area contributed by atoms with Gasteiger partial charge in [-0.25, -0.2) is 0 Å². The van der Waals surface area contributed by atoms with Gasteiger partial charge < -0.3 is 14.8 Å². The molecule has 1 N–H and O–H groups in total. The molecule has 0 atom stereocenters. The highest BCUT2D eigenvalue weighted by molar-refractivity contribution is 5.78. The molecule has 4 fully saturated rings. The van der Waals surface area contributed by atoms with E-state index in [0.29, 0.717) is 34.9 Å². The summed E-state index contributed by atoms with van der Waals surface area (Å²) in [5.74, 6) is 3.97. The third-order valence-corrected chi connectivity index (χ3v) is 6.24. The van der Waals surface area contributed by atoms with E-state index < -0.39 is 0 Å². The van der Waals surface area contributed by atoms with E-state index in [9.17, 15) is 9.59 Å². The summed E-state index contributed by atoms with van der Waals surface area (Å²) in [7, 11) is 1.52. The van der Waals surface area contributed by atoms with Gasteiger partial charge in [0.15, 0.2) is 18.1 Å². The van der Waals surface area contributed by atoms with Gasteiger partial charge in [-0.15, -0.1) is 0 Å². The molecule has 25 heavy (non-hydrogen) atoms. The molecule has 0 saturated heterocycles. The number of ether oxygens (including phenoxy) is 2. The summed E-state index contributed by atoms with van der Waals surface area (Å²) >= 11 is 0. The van der Waals surface area contributed by atoms with E-state index in [0.717, 1.165) is 18.1 Å². The summed E-state index contributed by atoms with van der Waals surface area (Å²) in [4.78, 5) is 23.2. The number of rotatable bonds is 6. The molecular weight excluding hydrogens is 318 g/mol. The van der Waals surface area contributed by atoms with Crippen LogP contribution in [0.1, 0.15) is 42.5 Å². The first-order valence-corrected chi connectivity index (χ1v) is 9.21. The zero-order valence-electron chi connectivity index (χ0n) is 14.6. The highest BCUT2D eigenvalue weighted by Gasteiger charge is 2.48. The first-order chi connectivity index (χ1) is 12.2. The summed E-state index contributed by atoms with van der Waals surface area (Å²) in [6.07, 6.45) is 7.28. The van der Waals surface area contributed by atoms with Crippen molar-refractivity contribution in [3.05, 3.63) is 23.8 Å². The Morgan fingerprint density at radius 1 is 1.12 bits per heavy atom. The number of hydrogen-bond donors (Lipinski definition) is 1. The van der Waals surface area contributed by atoms with E-state index in [-0.39, 0.29) is 12.5 Å². The number of aldehydes is 1. The average molecular weight is 343 g/mol. The van der Waals surface area contributed by atoms with Crippen LogP contribution >= 0.6 is 0 Å². The number of benzene rings is 1. The zero-order valence-corrected chi connectivity index (χ0v) is 14.6. The number of nitrogens with one attached hydrogen (secondary N) is 1. The Morgan fingerprint density at radius 3 is 2.40 bits per heavy atom. The minimum Gasteiger partial charge on any atom is -0.493 e. The van der Waals surface area contributed by atoms with E-state index in [2.05, 4.69) is 5.32 Å². The van der Waals surface area contributed by atoms with Gasteiger partial charge in [0.2, 0.25) is 0 Å². The predicted molar refractivity (Wildman–Crippen MR) is 92.9 cm³/mol. The topological polar surface area (TPSA) is 64.6 Å². The Bertz CT molecular complexity index is 644. The molecule has 0 spiro atoms. The van der Waals surface area contributed by atoms with Crippen LogP contribution in [0.25, 0.3) is 0 Å². The summed E-state index contributed by atoms with van der Waals surface area (Å²) in [6, 6.07) is 5.25. The Morgan fingerprint density at radius 2 is 1.80 bits per heavy atom. The summed E-state index contributed by atoms with van der Waals surface area (Å²) < 4.78 is 10.9. The fraction of sp³-hybridized carbons (Fsp3) is 0.600. The molecule has 0 radical (unpaired) electrons. The van der Waals surface area contributed by atoms with Gasteiger partial charge in [0, 0.05) is 11.6 Å². The van der Waals surface area contributed by atoms with Gasteiger partial charge in [0.1, 0.15) is 6.29 Å². The van der Waals surface area contributed by atoms with Crippen LogP contribution in [0.3, 0.4) is 0 Å². The van der Waals surface area contributed by atoms with E-state index >= 15 is 0 Å². The smallest absolute Gasteiger partial charge is 0.258 e. The quantitative estimate of drug-likeness (QED) is 0.807. The van der Waals surface area contributed by atoms with Crippen LogP contribution in [0.5, 0.6) is 11.5 Å². The fourth-order valence-electron chi connectivity index (χ4n) is 5.41. The second-order valence-electron chi connectivity index (χ2n) is 7.84. The molecule has 5 heteroatoms. The van der Waals surface area contributed by atoms with Gasteiger partial charge in [-0.2, -0.15) is 0 Å². The summed E-state index contributed by atoms with van der Waals surface area (Å²) in [6.45, 7) is -0.0282. The Kier molecular flexibility index (Phi) is 4.40. The van der Waals surface area contributed by atoms with Gasteiger partial charge in [-0.1, -0.05) is 0 Å². The number of carbonyl (C=O) groups is 2. The minimum atomic E-state index is -0.0704. The zero-order chi connectivity index (χ0) is 17.4. The molecule has 1 aromatic carbocycles. The van der Waals surface area contributed by atoms with Crippen molar-refractivity contribution in [1.82, 2.24) is 5.32 Å². The van der Waals surface area contributed by atoms with Crippen LogP contribution < -0.4 is 14.8 Å². The number of carbonyl (C=O) groups excluding carboxylic acids is 2. The van der Waals surface area contributed by atoms with Crippen LogP contribution in [-0.2, 0) is 4.79 Å². The van der Waals surface area contributed by atoms with Gasteiger partial charge in [0.25, 0.3) is 5.91 Å². The van der Waals surface area contributed by atoms with Gasteiger partial charge in [-0.3, -0.25) is 9.59 Å². The van der Waals surface area contributed by atoms with Crippen molar-refractivity contribution >= 4 is 12.2 Å². The first-order valence-electron chi connectivity index (χ1n) is 9.21. The lowest BCUT2D eigenvalue weighted by Crippen LogP contribution is -2.56. The summed E-state index contributed by atoms with van der Waals surface area (Å²) in [5, 5.41) is 3.23. The maximum absolute atomic E-state index is 12.4. The minimum absolute atomic E-state index is 0.0282. The lowest BCUT2D eigenvalue weighted by molar-refractivity contribution is -0.127. The molecule has 5 rings (SSSR count). The highest BCUT2D eigenvalue weighted by atomic mass is 16.5. The van der Waals surface area contributed by atoms with Crippen molar-refractivity contribution in [3.8, 4) is 11.5 Å². The average Bonchev–Trinajstić information content (AvgIpc) is 2.62. The SMILES string of the molecule is COc1cc(C=O)ccc1OCC(=O)NC1C2CC3CC(C2)CC1C3. The molecule has 0 unspecified atom stereocenters. The van der Waals surface area contributed by atoms with Crippen molar-refractivity contribution < 1.29 is 19.1 Å². The normalized spacial score (nSPS) is 32.3. The predicted octanol–water partition coefficient (Wildman–Crippen LogP) is 2.83. The molecular formula is C20H25NO4. The maximum Gasteiger partial charge on any atom is 0.258 e. The monoisotopic (exact) mass is 343 g/mol. The van der Waals surface area contributed by atoms with Crippen molar-refractivity contribution in [1.29, 1.82) is 0 Å². The van der Waals surface area contributed by atoms with Gasteiger partial charge in [0.05, 0.1) is 7.11 Å². The molecule has 1 aromatic rings. The largest absolute Gasteiger partial charge is 0.493 e. The molecule has 5 nitrogen and oxygen atoms in total. The van der Waals surface area contributed by atoms with Crippen LogP contribution in [-0.4, -0.2) is 32.0 Å². The van der Waals surface area contributed by atoms with E-state index in [1.54, 1.807) is 18.2 Å². The standard InChI is InChI=1S/C20H25NO4/c1-24-18-9-12(10-22)2-3-17(18)25-11-19(23)21-20-15-5-13-4-14(7-15)8-16(20)6-13/h2-3,9-10,13-16,20H,4-8,11H2,1H3,(H,21,23). The number of amides is 1. The van der Waals surface area contributed by atoms with Crippen LogP contribution in [0.4, 0.5) is 0 Å². The summed E-state index contributed by atoms with van der Waals surface area (Å²) in [5.41, 5.74) is 0.516. The lowest BCUT2D eigenvalue weighted by atomic mass is 9.54.